The summed E-state index contributed by atoms with van der Waals surface area (Å²) in [5.74, 6) is -0.488. The molecule has 0 fully saturated rings. The molecule has 0 spiro atoms. The van der Waals surface area contributed by atoms with Crippen LogP contribution in [0.2, 0.25) is 0 Å². The Bertz CT molecular complexity index is 1070. The summed E-state index contributed by atoms with van der Waals surface area (Å²) in [4.78, 5) is 26.7. The molecule has 1 amide bonds. The Morgan fingerprint density at radius 2 is 1.81 bits per heavy atom. The van der Waals surface area contributed by atoms with E-state index >= 15 is 0 Å². The van der Waals surface area contributed by atoms with E-state index in [9.17, 15) is 9.59 Å². The van der Waals surface area contributed by atoms with Crippen molar-refractivity contribution in [1.29, 1.82) is 0 Å². The molecule has 1 heterocycles. The van der Waals surface area contributed by atoms with E-state index in [0.29, 0.717) is 26.1 Å². The van der Waals surface area contributed by atoms with Gasteiger partial charge in [-0.15, -0.1) is 0 Å². The van der Waals surface area contributed by atoms with Crippen molar-refractivity contribution in [1.82, 2.24) is 4.98 Å². The van der Waals surface area contributed by atoms with Crippen molar-refractivity contribution >= 4 is 60.3 Å². The van der Waals surface area contributed by atoms with Crippen LogP contribution in [-0.2, 0) is 20.7 Å². The Morgan fingerprint density at radius 3 is 2.48 bits per heavy atom. The maximum atomic E-state index is 11.9. The van der Waals surface area contributed by atoms with Crippen LogP contribution in [0, 0.1) is 0 Å². The van der Waals surface area contributed by atoms with Crippen LogP contribution < -0.4 is 10.1 Å². The van der Waals surface area contributed by atoms with Gasteiger partial charge in [-0.3, -0.25) is 4.79 Å². The van der Waals surface area contributed by atoms with Crippen LogP contribution in [0.3, 0.4) is 0 Å². The number of aromatic nitrogens is 1. The van der Waals surface area contributed by atoms with Crippen molar-refractivity contribution in [3.63, 3.8) is 0 Å². The molecular weight excluding hydrogens is 528 g/mol. The fourth-order valence-corrected chi connectivity index (χ4v) is 4.57. The number of carbonyl (C=O) groups is 2. The number of amides is 1. The smallest absolute Gasteiger partial charge is 0.397 e. The molecule has 0 unspecified atom stereocenters. The predicted octanol–water partition coefficient (Wildman–Crippen LogP) is 6.72. The zero-order valence-electron chi connectivity index (χ0n) is 17.4. The highest BCUT2D eigenvalue weighted by atomic mass is 79.9. The molecule has 3 rings (SSSR count). The third-order valence-corrected chi connectivity index (χ3v) is 5.90. The molecule has 0 radical (unpaired) electrons. The highest BCUT2D eigenvalue weighted by Gasteiger charge is 2.17. The zero-order valence-corrected chi connectivity index (χ0v) is 20.6. The minimum atomic E-state index is -0.926. The fourth-order valence-electron chi connectivity index (χ4n) is 3.22. The Morgan fingerprint density at radius 1 is 1.06 bits per heavy atom. The first kappa shape index (κ1) is 23.3. The summed E-state index contributed by atoms with van der Waals surface area (Å²) in [6, 6.07) is 9.28. The van der Waals surface area contributed by atoms with Gasteiger partial charge in [-0.2, -0.15) is 0 Å². The number of carbonyl (C=O) groups excluding carboxylic acids is 2. The van der Waals surface area contributed by atoms with Crippen LogP contribution in [0.15, 0.2) is 45.5 Å². The number of aryl methyl sites for hydroxylation is 1. The minimum Gasteiger partial charge on any atom is -0.459 e. The molecule has 8 heteroatoms. The first-order chi connectivity index (χ1) is 14.9. The van der Waals surface area contributed by atoms with Gasteiger partial charge in [0.1, 0.15) is 5.75 Å². The van der Waals surface area contributed by atoms with Gasteiger partial charge < -0.3 is 19.8 Å². The van der Waals surface area contributed by atoms with Crippen molar-refractivity contribution in [3.05, 3.63) is 51.0 Å². The van der Waals surface area contributed by atoms with Gasteiger partial charge in [0.2, 0.25) is 0 Å². The number of anilines is 1. The second kappa shape index (κ2) is 10.8. The van der Waals surface area contributed by atoms with Gasteiger partial charge in [0, 0.05) is 22.8 Å². The van der Waals surface area contributed by atoms with Crippen LogP contribution in [0.25, 0.3) is 10.9 Å². The van der Waals surface area contributed by atoms with E-state index in [2.05, 4.69) is 55.3 Å². The van der Waals surface area contributed by atoms with E-state index < -0.39 is 11.9 Å². The number of fused-ring (bicyclic) bond motifs is 1. The number of H-pyrrole nitrogens is 1. The molecule has 1 aromatic heterocycles. The fraction of sp³-hybridized carbons (Fsp3) is 0.304. The second-order valence-electron chi connectivity index (χ2n) is 7.02. The second-order valence-corrected chi connectivity index (χ2v) is 8.73. The maximum Gasteiger partial charge on any atom is 0.397 e. The monoisotopic (exact) mass is 550 g/mol. The maximum absolute atomic E-state index is 11.9. The van der Waals surface area contributed by atoms with Crippen LogP contribution in [0.1, 0.15) is 38.7 Å². The van der Waals surface area contributed by atoms with Crippen molar-refractivity contribution in [2.24, 2.45) is 0 Å². The van der Waals surface area contributed by atoms with Gasteiger partial charge >= 0.3 is 11.9 Å². The quantitative estimate of drug-likeness (QED) is 0.185. The summed E-state index contributed by atoms with van der Waals surface area (Å²) in [6.45, 7) is 3.98. The number of ether oxygens (including phenoxy) is 2. The summed E-state index contributed by atoms with van der Waals surface area (Å²) in [7, 11) is 0. The van der Waals surface area contributed by atoms with Gasteiger partial charge in [0.25, 0.3) is 0 Å². The molecule has 3 aromatic rings. The van der Waals surface area contributed by atoms with Gasteiger partial charge in [0.05, 0.1) is 15.6 Å². The van der Waals surface area contributed by atoms with E-state index in [-0.39, 0.29) is 6.61 Å². The minimum absolute atomic E-state index is 0.137. The van der Waals surface area contributed by atoms with Gasteiger partial charge in [-0.25, -0.2) is 4.79 Å². The molecule has 0 saturated carbocycles. The lowest BCUT2D eigenvalue weighted by atomic mass is 10.1. The topological polar surface area (TPSA) is 80.4 Å². The molecular formula is C23H24Br2N2O4. The number of hydrogen-bond donors (Lipinski definition) is 2. The third-order valence-electron chi connectivity index (χ3n) is 4.73. The van der Waals surface area contributed by atoms with E-state index in [1.807, 2.05) is 18.2 Å². The van der Waals surface area contributed by atoms with Crippen molar-refractivity contribution < 1.29 is 19.1 Å². The Labute approximate surface area is 197 Å². The number of hydrogen-bond acceptors (Lipinski definition) is 4. The summed E-state index contributed by atoms with van der Waals surface area (Å²) in [5, 5.41) is 3.67. The van der Waals surface area contributed by atoms with Crippen LogP contribution in [0.4, 0.5) is 5.69 Å². The largest absolute Gasteiger partial charge is 0.459 e. The molecule has 0 atom stereocenters. The number of rotatable bonds is 8. The summed E-state index contributed by atoms with van der Waals surface area (Å²) < 4.78 is 12.1. The molecule has 2 aromatic carbocycles. The molecule has 0 bridgehead atoms. The number of unbranched alkanes of at least 4 members (excludes halogenated alkanes) is 2. The number of nitrogens with one attached hydrogen (secondary N) is 2. The third kappa shape index (κ3) is 5.89. The average molecular weight is 552 g/mol. The molecule has 2 N–H and O–H groups in total. The zero-order chi connectivity index (χ0) is 22.4. The Kier molecular flexibility index (Phi) is 8.15. The van der Waals surface area contributed by atoms with Gasteiger partial charge in [-0.1, -0.05) is 19.8 Å². The van der Waals surface area contributed by atoms with E-state index in [1.54, 1.807) is 19.1 Å². The Hall–Kier alpha value is -2.32. The lowest BCUT2D eigenvalue weighted by Crippen LogP contribution is -2.25. The normalized spacial score (nSPS) is 10.8. The first-order valence-corrected chi connectivity index (χ1v) is 11.8. The standard InChI is InChI=1S/C23H24Br2N2O4/c1-3-5-6-7-14-13-26-20-9-8-16(12-17(14)20)31-21-18(24)10-15(11-19(21)25)27-22(28)23(29)30-4-2/h8-13,26H,3-7H2,1-2H3,(H,27,28). The highest BCUT2D eigenvalue weighted by Crippen LogP contribution is 2.40. The number of benzene rings is 2. The molecule has 0 aliphatic carbocycles. The summed E-state index contributed by atoms with van der Waals surface area (Å²) >= 11 is 6.97. The Balaban J connectivity index is 1.79. The van der Waals surface area contributed by atoms with Crippen LogP contribution in [-0.4, -0.2) is 23.5 Å². The number of esters is 1. The van der Waals surface area contributed by atoms with Crippen molar-refractivity contribution in [3.8, 4) is 11.5 Å². The predicted molar refractivity (Wildman–Crippen MR) is 129 cm³/mol. The van der Waals surface area contributed by atoms with E-state index in [4.69, 9.17) is 9.47 Å². The molecule has 0 aliphatic rings. The summed E-state index contributed by atoms with van der Waals surface area (Å²) in [6.07, 6.45) is 6.65. The van der Waals surface area contributed by atoms with Crippen molar-refractivity contribution in [2.75, 3.05) is 11.9 Å². The SMILES string of the molecule is CCCCCc1c[nH]c2ccc(Oc3c(Br)cc(NC(=O)C(=O)OCC)cc3Br)cc12. The van der Waals surface area contributed by atoms with Crippen molar-refractivity contribution in [2.45, 2.75) is 39.5 Å². The van der Waals surface area contributed by atoms with E-state index in [0.717, 1.165) is 23.7 Å². The number of aromatic amines is 1. The molecule has 0 saturated heterocycles. The van der Waals surface area contributed by atoms with E-state index in [1.165, 1.54) is 18.4 Å². The van der Waals surface area contributed by atoms with Gasteiger partial charge in [0.15, 0.2) is 5.75 Å². The highest BCUT2D eigenvalue weighted by molar-refractivity contribution is 9.11. The molecule has 6 nitrogen and oxygen atoms in total. The molecule has 164 valence electrons. The molecule has 0 aliphatic heterocycles. The lowest BCUT2D eigenvalue weighted by Gasteiger charge is -2.13. The molecule has 31 heavy (non-hydrogen) atoms. The average Bonchev–Trinajstić information content (AvgIpc) is 3.13. The lowest BCUT2D eigenvalue weighted by molar-refractivity contribution is -0.152. The van der Waals surface area contributed by atoms with Crippen LogP contribution >= 0.6 is 31.9 Å². The van der Waals surface area contributed by atoms with Gasteiger partial charge in [-0.05, 0) is 87.5 Å². The first-order valence-electron chi connectivity index (χ1n) is 10.2. The summed E-state index contributed by atoms with van der Waals surface area (Å²) in [5.41, 5.74) is 2.79. The van der Waals surface area contributed by atoms with Crippen LogP contribution in [0.5, 0.6) is 11.5 Å². The number of halogens is 2.